The van der Waals surface area contributed by atoms with Crippen molar-refractivity contribution in [3.8, 4) is 0 Å². The summed E-state index contributed by atoms with van der Waals surface area (Å²) in [5.41, 5.74) is 0.765. The highest BCUT2D eigenvalue weighted by molar-refractivity contribution is 9.10. The molecule has 1 aromatic carbocycles. The fourth-order valence-corrected chi connectivity index (χ4v) is 1.91. The van der Waals surface area contributed by atoms with Crippen molar-refractivity contribution in [3.63, 3.8) is 0 Å². The monoisotopic (exact) mass is 303 g/mol. The Balaban J connectivity index is 2.01. The van der Waals surface area contributed by atoms with Crippen LogP contribution < -0.4 is 5.32 Å². The summed E-state index contributed by atoms with van der Waals surface area (Å²) in [5, 5.41) is 31.5. The van der Waals surface area contributed by atoms with E-state index in [4.69, 9.17) is 4.74 Å². The molecule has 1 heterocycles. The highest BCUT2D eigenvalue weighted by Gasteiger charge is 2.37. The first-order chi connectivity index (χ1) is 8.08. The maximum absolute atomic E-state index is 9.72. The molecule has 0 bridgehead atoms. The van der Waals surface area contributed by atoms with Gasteiger partial charge in [-0.3, -0.25) is 0 Å². The van der Waals surface area contributed by atoms with Crippen molar-refractivity contribution >= 4 is 21.6 Å². The number of hydrogen-bond donors (Lipinski definition) is 4. The van der Waals surface area contributed by atoms with Crippen LogP contribution in [0.4, 0.5) is 5.69 Å². The molecule has 5 nitrogen and oxygen atoms in total. The van der Waals surface area contributed by atoms with Crippen LogP contribution in [0.15, 0.2) is 28.7 Å². The molecule has 0 amide bonds. The molecular weight excluding hydrogens is 290 g/mol. The summed E-state index contributed by atoms with van der Waals surface area (Å²) < 4.78 is 6.17. The van der Waals surface area contributed by atoms with Gasteiger partial charge < -0.3 is 25.4 Å². The molecule has 0 saturated carbocycles. The van der Waals surface area contributed by atoms with Crippen LogP contribution in [0.25, 0.3) is 0 Å². The summed E-state index contributed by atoms with van der Waals surface area (Å²) in [7, 11) is 0. The van der Waals surface area contributed by atoms with E-state index in [1.165, 1.54) is 0 Å². The van der Waals surface area contributed by atoms with Crippen LogP contribution in [0.2, 0.25) is 0 Å². The molecule has 1 saturated heterocycles. The molecule has 4 atom stereocenters. The maximum Gasteiger partial charge on any atom is 0.156 e. The minimum atomic E-state index is -1.20. The molecule has 4 N–H and O–H groups in total. The first kappa shape index (κ1) is 12.8. The average Bonchev–Trinajstić information content (AvgIpc) is 2.33. The average molecular weight is 304 g/mol. The van der Waals surface area contributed by atoms with Crippen molar-refractivity contribution < 1.29 is 20.1 Å². The third-order valence-electron chi connectivity index (χ3n) is 2.65. The van der Waals surface area contributed by atoms with Gasteiger partial charge in [-0.15, -0.1) is 0 Å². The quantitative estimate of drug-likeness (QED) is 0.632. The number of halogens is 1. The van der Waals surface area contributed by atoms with Crippen LogP contribution in [0.1, 0.15) is 0 Å². The van der Waals surface area contributed by atoms with E-state index in [9.17, 15) is 15.3 Å². The van der Waals surface area contributed by atoms with Gasteiger partial charge in [0.2, 0.25) is 0 Å². The summed E-state index contributed by atoms with van der Waals surface area (Å²) >= 11 is 3.32. The van der Waals surface area contributed by atoms with Gasteiger partial charge >= 0.3 is 0 Å². The number of aliphatic hydroxyl groups is 3. The molecule has 0 aliphatic carbocycles. The third-order valence-corrected chi connectivity index (χ3v) is 3.18. The molecule has 1 aliphatic heterocycles. The Morgan fingerprint density at radius 3 is 2.41 bits per heavy atom. The zero-order chi connectivity index (χ0) is 12.4. The molecule has 0 aromatic heterocycles. The lowest BCUT2D eigenvalue weighted by atomic mass is 10.0. The van der Waals surface area contributed by atoms with E-state index in [2.05, 4.69) is 21.2 Å². The van der Waals surface area contributed by atoms with E-state index < -0.39 is 24.5 Å². The molecular formula is C11H14BrNO4. The van der Waals surface area contributed by atoms with E-state index in [0.717, 1.165) is 10.2 Å². The maximum atomic E-state index is 9.72. The number of hydrogen-bond acceptors (Lipinski definition) is 5. The molecule has 94 valence electrons. The Labute approximate surface area is 107 Å². The summed E-state index contributed by atoms with van der Waals surface area (Å²) in [6, 6.07) is 7.33. The topological polar surface area (TPSA) is 82.0 Å². The van der Waals surface area contributed by atoms with Crippen molar-refractivity contribution in [2.24, 2.45) is 0 Å². The minimum absolute atomic E-state index is 0.00752. The zero-order valence-corrected chi connectivity index (χ0v) is 10.5. The van der Waals surface area contributed by atoms with Gasteiger partial charge in [-0.25, -0.2) is 0 Å². The lowest BCUT2D eigenvalue weighted by Gasteiger charge is -2.35. The number of benzene rings is 1. The van der Waals surface area contributed by atoms with Crippen molar-refractivity contribution in [2.45, 2.75) is 24.5 Å². The lowest BCUT2D eigenvalue weighted by Crippen LogP contribution is -2.55. The smallest absolute Gasteiger partial charge is 0.156 e. The van der Waals surface area contributed by atoms with Gasteiger partial charge in [0.15, 0.2) is 6.23 Å². The Morgan fingerprint density at radius 1 is 1.12 bits per heavy atom. The second-order valence-electron chi connectivity index (χ2n) is 3.95. The summed E-state index contributed by atoms with van der Waals surface area (Å²) in [6.07, 6.45) is -4.14. The Hall–Kier alpha value is -0.660. The predicted octanol–water partition coefficient (Wildman–Crippen LogP) is 0.300. The Kier molecular flexibility index (Phi) is 4.01. The number of anilines is 1. The summed E-state index contributed by atoms with van der Waals surface area (Å²) in [6.45, 7) is -0.00752. The van der Waals surface area contributed by atoms with Gasteiger partial charge in [-0.2, -0.15) is 0 Å². The number of ether oxygens (including phenoxy) is 1. The van der Waals surface area contributed by atoms with Gasteiger partial charge in [-0.1, -0.05) is 15.9 Å². The molecule has 2 rings (SSSR count). The van der Waals surface area contributed by atoms with Gasteiger partial charge in [0, 0.05) is 10.2 Å². The molecule has 6 heteroatoms. The van der Waals surface area contributed by atoms with E-state index in [1.54, 1.807) is 0 Å². The van der Waals surface area contributed by atoms with E-state index >= 15 is 0 Å². The second kappa shape index (κ2) is 5.32. The van der Waals surface area contributed by atoms with Crippen molar-refractivity contribution in [1.82, 2.24) is 0 Å². The lowest BCUT2D eigenvalue weighted by molar-refractivity contribution is -0.178. The van der Waals surface area contributed by atoms with E-state index in [1.807, 2.05) is 24.3 Å². The third kappa shape index (κ3) is 2.97. The molecule has 1 fully saturated rings. The molecule has 1 aromatic rings. The van der Waals surface area contributed by atoms with Gasteiger partial charge in [0.25, 0.3) is 0 Å². The summed E-state index contributed by atoms with van der Waals surface area (Å²) in [4.78, 5) is 0. The fraction of sp³-hybridized carbons (Fsp3) is 0.455. The zero-order valence-electron chi connectivity index (χ0n) is 8.95. The standard InChI is InChI=1S/C11H14BrNO4/c12-6-1-3-7(4-2-6)13-11-10(16)9(15)8(14)5-17-11/h1-4,8-11,13-16H,5H2/t8-,9-,10+,11-/m1/s1. The fourth-order valence-electron chi connectivity index (χ4n) is 1.64. The van der Waals surface area contributed by atoms with E-state index in [-0.39, 0.29) is 6.61 Å². The van der Waals surface area contributed by atoms with Crippen LogP contribution in [-0.2, 0) is 4.74 Å². The van der Waals surface area contributed by atoms with Crippen LogP contribution in [0.5, 0.6) is 0 Å². The Bertz CT molecular complexity index is 372. The number of nitrogens with one attached hydrogen (secondary N) is 1. The molecule has 0 spiro atoms. The van der Waals surface area contributed by atoms with Gasteiger partial charge in [0.05, 0.1) is 6.61 Å². The van der Waals surface area contributed by atoms with Crippen molar-refractivity contribution in [2.75, 3.05) is 11.9 Å². The first-order valence-corrected chi connectivity index (χ1v) is 6.05. The van der Waals surface area contributed by atoms with Crippen LogP contribution in [0.3, 0.4) is 0 Å². The SMILES string of the molecule is O[C@H]1[C@H](O)[C@H](Nc2ccc(Br)cc2)OC[C@H]1O. The minimum Gasteiger partial charge on any atom is -0.388 e. The van der Waals surface area contributed by atoms with Gasteiger partial charge in [0.1, 0.15) is 18.3 Å². The first-order valence-electron chi connectivity index (χ1n) is 5.26. The number of aliphatic hydroxyl groups excluding tert-OH is 3. The molecule has 0 unspecified atom stereocenters. The summed E-state index contributed by atoms with van der Waals surface area (Å²) in [5.74, 6) is 0. The van der Waals surface area contributed by atoms with E-state index in [0.29, 0.717) is 0 Å². The predicted molar refractivity (Wildman–Crippen MR) is 65.5 cm³/mol. The van der Waals surface area contributed by atoms with Gasteiger partial charge in [-0.05, 0) is 24.3 Å². The second-order valence-corrected chi connectivity index (χ2v) is 4.87. The Morgan fingerprint density at radius 2 is 1.76 bits per heavy atom. The van der Waals surface area contributed by atoms with Crippen LogP contribution >= 0.6 is 15.9 Å². The molecule has 0 radical (unpaired) electrons. The van der Waals surface area contributed by atoms with Crippen LogP contribution in [0, 0.1) is 0 Å². The number of rotatable bonds is 2. The van der Waals surface area contributed by atoms with Crippen molar-refractivity contribution in [1.29, 1.82) is 0 Å². The molecule has 1 aliphatic rings. The largest absolute Gasteiger partial charge is 0.388 e. The van der Waals surface area contributed by atoms with Crippen molar-refractivity contribution in [3.05, 3.63) is 28.7 Å². The highest BCUT2D eigenvalue weighted by Crippen LogP contribution is 2.20. The normalized spacial score (nSPS) is 33.4. The molecule has 17 heavy (non-hydrogen) atoms. The van der Waals surface area contributed by atoms with Crippen LogP contribution in [-0.4, -0.2) is 46.5 Å². The highest BCUT2D eigenvalue weighted by atomic mass is 79.9.